The molecule has 1 heterocycles. The van der Waals surface area contributed by atoms with Gasteiger partial charge in [0, 0.05) is 0 Å². The number of aromatic amines is 1. The van der Waals surface area contributed by atoms with Crippen molar-refractivity contribution in [2.45, 2.75) is 0 Å². The van der Waals surface area contributed by atoms with E-state index in [0.717, 1.165) is 0 Å². The van der Waals surface area contributed by atoms with Crippen molar-refractivity contribution in [1.82, 2.24) is 20.6 Å². The van der Waals surface area contributed by atoms with E-state index in [0.29, 0.717) is 0 Å². The van der Waals surface area contributed by atoms with Gasteiger partial charge in [0.2, 0.25) is 0 Å². The zero-order chi connectivity index (χ0) is 7.11. The maximum absolute atomic E-state index is 8.58. The van der Waals surface area contributed by atoms with E-state index < -0.39 is 5.03 Å². The first kappa shape index (κ1) is 7.27. The van der Waals surface area contributed by atoms with Crippen LogP contribution >= 0.6 is 0 Å². The lowest BCUT2D eigenvalue weighted by Crippen LogP contribution is -2.04. The normalized spacial score (nSPS) is 7.11. The molecule has 0 bridgehead atoms. The first-order valence-electron chi connectivity index (χ1n) is 1.79. The molecule has 50 valence electrons. The van der Waals surface area contributed by atoms with Gasteiger partial charge in [0.05, 0.1) is 0 Å². The molecule has 0 aliphatic carbocycles. The summed E-state index contributed by atoms with van der Waals surface area (Å²) in [6.07, 6.45) is 1.33. The Bertz CT molecular complexity index is 125. The van der Waals surface area contributed by atoms with Gasteiger partial charge in [-0.3, -0.25) is 0 Å². The van der Waals surface area contributed by atoms with Gasteiger partial charge in [-0.2, -0.15) is 11.1 Å². The summed E-state index contributed by atoms with van der Waals surface area (Å²) in [5.41, 5.74) is 0. The fraction of sp³-hybridized carbons (Fsp3) is 0. The molecule has 0 aromatic carbocycles. The molecule has 9 heavy (non-hydrogen) atoms. The summed E-state index contributed by atoms with van der Waals surface area (Å²) >= 11 is 0. The molecule has 0 aliphatic heterocycles. The Labute approximate surface area is 49.2 Å². The van der Waals surface area contributed by atoms with Crippen LogP contribution in [0.5, 0.6) is 0 Å². The van der Waals surface area contributed by atoms with Crippen molar-refractivity contribution in [2.24, 2.45) is 5.84 Å². The van der Waals surface area contributed by atoms with Crippen molar-refractivity contribution in [2.75, 3.05) is 0 Å². The van der Waals surface area contributed by atoms with Crippen LogP contribution in [0.1, 0.15) is 0 Å². The van der Waals surface area contributed by atoms with E-state index in [9.17, 15) is 0 Å². The molecule has 0 amide bonds. The molecule has 1 aromatic heterocycles. The predicted octanol–water partition coefficient (Wildman–Crippen LogP) is -1.66. The second-order valence-corrected chi connectivity index (χ2v) is 0.845. The van der Waals surface area contributed by atoms with Crippen LogP contribution in [-0.4, -0.2) is 25.7 Å². The number of hydrogen-bond donors (Lipinski definition) is 2. The van der Waals surface area contributed by atoms with E-state index in [1.165, 1.54) is 6.33 Å². The molecule has 0 saturated heterocycles. The minimum atomic E-state index is -1.00. The summed E-state index contributed by atoms with van der Waals surface area (Å²) in [5, 5.41) is 19.8. The quantitative estimate of drug-likeness (QED) is 0.247. The number of tetrazole rings is 1. The number of rotatable bonds is 0. The number of H-pyrrole nitrogens is 1. The average molecular weight is 132 g/mol. The van der Waals surface area contributed by atoms with Crippen LogP contribution in [0.4, 0.5) is 0 Å². The molecule has 0 radical (unpaired) electrons. The largest absolute Gasteiger partial charge is 0.235 e. The highest BCUT2D eigenvalue weighted by atomic mass is 16.7. The molecule has 3 N–H and O–H groups in total. The van der Waals surface area contributed by atoms with Crippen molar-refractivity contribution in [1.29, 1.82) is 0 Å². The Balaban J connectivity index is 0.000000148. The smallest absolute Gasteiger partial charge is 0.161 e. The van der Waals surface area contributed by atoms with E-state index in [1.54, 1.807) is 0 Å². The SMILES string of the molecule is N[N+](=O)[O-].c1nn[nH]n1. The van der Waals surface area contributed by atoms with Gasteiger partial charge in [0.15, 0.2) is 11.4 Å². The average Bonchev–Trinajstić information content (AvgIpc) is 2.11. The Morgan fingerprint density at radius 3 is 2.44 bits per heavy atom. The third-order valence-electron chi connectivity index (χ3n) is 0.270. The van der Waals surface area contributed by atoms with Crippen LogP contribution in [0.15, 0.2) is 6.33 Å². The number of nitrogens with two attached hydrogens (primary N) is 1. The van der Waals surface area contributed by atoms with Crippen LogP contribution in [0.2, 0.25) is 0 Å². The van der Waals surface area contributed by atoms with E-state index >= 15 is 0 Å². The van der Waals surface area contributed by atoms with Crippen molar-refractivity contribution in [3.05, 3.63) is 16.4 Å². The molecule has 0 aliphatic rings. The van der Waals surface area contributed by atoms with Crippen LogP contribution < -0.4 is 5.84 Å². The molecule has 8 heteroatoms. The second kappa shape index (κ2) is 4.43. The fourth-order valence-corrected chi connectivity index (χ4v) is 0.129. The van der Waals surface area contributed by atoms with Gasteiger partial charge in [-0.15, -0.1) is 10.2 Å². The van der Waals surface area contributed by atoms with Crippen molar-refractivity contribution >= 4 is 0 Å². The highest BCUT2D eigenvalue weighted by Gasteiger charge is 1.58. The number of hydrogen-bond acceptors (Lipinski definition) is 5. The molecular formula is CH4N6O2. The van der Waals surface area contributed by atoms with E-state index in [4.69, 9.17) is 10.1 Å². The topological polar surface area (TPSA) is 124 Å². The standard InChI is InChI=1S/CH2N4.H2N2O2/c1-2-4-5-3-1;1-2(3)4/h1H,(H,2,3,4,5);1H2. The monoisotopic (exact) mass is 132 g/mol. The number of nitrogens with one attached hydrogen (secondary N) is 1. The summed E-state index contributed by atoms with van der Waals surface area (Å²) in [5.74, 6) is 3.83. The maximum Gasteiger partial charge on any atom is 0.161 e. The molecule has 1 rings (SSSR count). The molecule has 1 aromatic rings. The molecule has 0 atom stereocenters. The zero-order valence-electron chi connectivity index (χ0n) is 4.26. The molecular weight excluding hydrogens is 128 g/mol. The lowest BCUT2D eigenvalue weighted by atomic mass is 11.4. The van der Waals surface area contributed by atoms with Crippen LogP contribution in [0.3, 0.4) is 0 Å². The summed E-state index contributed by atoms with van der Waals surface area (Å²) in [4.78, 5) is 8.58. The third-order valence-corrected chi connectivity index (χ3v) is 0.270. The Hall–Kier alpha value is -1.73. The van der Waals surface area contributed by atoms with Gasteiger partial charge in [0.1, 0.15) is 0 Å². The van der Waals surface area contributed by atoms with Gasteiger partial charge < -0.3 is 0 Å². The molecule has 0 fully saturated rings. The van der Waals surface area contributed by atoms with Gasteiger partial charge in [-0.25, -0.2) is 10.1 Å². The Morgan fingerprint density at radius 1 is 1.78 bits per heavy atom. The van der Waals surface area contributed by atoms with Gasteiger partial charge in [0.25, 0.3) is 0 Å². The predicted molar refractivity (Wildman–Crippen MR) is 25.4 cm³/mol. The van der Waals surface area contributed by atoms with E-state index in [-0.39, 0.29) is 0 Å². The van der Waals surface area contributed by atoms with Gasteiger partial charge >= 0.3 is 0 Å². The minimum Gasteiger partial charge on any atom is -0.235 e. The fourth-order valence-electron chi connectivity index (χ4n) is 0.129. The highest BCUT2D eigenvalue weighted by molar-refractivity contribution is 4.24. The van der Waals surface area contributed by atoms with Gasteiger partial charge in [-0.05, 0) is 0 Å². The number of nitrogens with zero attached hydrogens (tertiary/aromatic N) is 4. The van der Waals surface area contributed by atoms with Crippen LogP contribution in [-0.2, 0) is 0 Å². The van der Waals surface area contributed by atoms with Crippen LogP contribution in [0, 0.1) is 10.1 Å². The number of nitro groups is 1. The lowest BCUT2D eigenvalue weighted by molar-refractivity contribution is -0.491. The van der Waals surface area contributed by atoms with E-state index in [1.807, 2.05) is 0 Å². The maximum atomic E-state index is 8.58. The van der Waals surface area contributed by atoms with Gasteiger partial charge in [-0.1, -0.05) is 5.21 Å². The van der Waals surface area contributed by atoms with Crippen molar-refractivity contribution in [3.63, 3.8) is 0 Å². The first-order valence-corrected chi connectivity index (χ1v) is 1.79. The zero-order valence-corrected chi connectivity index (χ0v) is 4.26. The molecule has 0 unspecified atom stereocenters. The number of hydrazine groups is 1. The minimum absolute atomic E-state index is 1.00. The van der Waals surface area contributed by atoms with Crippen molar-refractivity contribution < 1.29 is 5.03 Å². The summed E-state index contributed by atoms with van der Waals surface area (Å²) in [6, 6.07) is 0. The Morgan fingerprint density at radius 2 is 2.33 bits per heavy atom. The van der Waals surface area contributed by atoms with Crippen molar-refractivity contribution in [3.8, 4) is 0 Å². The summed E-state index contributed by atoms with van der Waals surface area (Å²) < 4.78 is 0. The lowest BCUT2D eigenvalue weighted by Gasteiger charge is -1.61. The first-order chi connectivity index (χ1) is 4.23. The number of aromatic nitrogens is 4. The molecule has 0 spiro atoms. The highest BCUT2D eigenvalue weighted by Crippen LogP contribution is 1.43. The summed E-state index contributed by atoms with van der Waals surface area (Å²) in [6.45, 7) is 0. The third kappa shape index (κ3) is 10.7. The Kier molecular flexibility index (Phi) is 3.58. The molecule has 0 saturated carbocycles. The molecule has 8 nitrogen and oxygen atoms in total. The second-order valence-electron chi connectivity index (χ2n) is 0.845. The van der Waals surface area contributed by atoms with Crippen LogP contribution in [0.25, 0.3) is 0 Å². The summed E-state index contributed by atoms with van der Waals surface area (Å²) in [7, 11) is 0. The van der Waals surface area contributed by atoms with E-state index in [2.05, 4.69) is 26.5 Å².